The predicted octanol–water partition coefficient (Wildman–Crippen LogP) is 3.09. The van der Waals surface area contributed by atoms with Crippen LogP contribution >= 0.6 is 0 Å². The molecule has 1 unspecified atom stereocenters. The van der Waals surface area contributed by atoms with Gasteiger partial charge in [0, 0.05) is 32.0 Å². The van der Waals surface area contributed by atoms with Crippen LogP contribution in [0, 0.1) is 11.8 Å². The van der Waals surface area contributed by atoms with Gasteiger partial charge in [0.05, 0.1) is 0 Å². The number of pyridine rings is 1. The van der Waals surface area contributed by atoms with Gasteiger partial charge < -0.3 is 4.90 Å². The summed E-state index contributed by atoms with van der Waals surface area (Å²) in [6.07, 6.45) is 0.834. The molecule has 138 valence electrons. The Morgan fingerprint density at radius 1 is 1.16 bits per heavy atom. The Morgan fingerprint density at radius 3 is 2.52 bits per heavy atom. The summed E-state index contributed by atoms with van der Waals surface area (Å²) in [7, 11) is 0. The summed E-state index contributed by atoms with van der Waals surface area (Å²) < 4.78 is 37.1. The molecule has 25 heavy (non-hydrogen) atoms. The van der Waals surface area contributed by atoms with E-state index >= 15 is 0 Å². The van der Waals surface area contributed by atoms with Crippen molar-refractivity contribution in [2.75, 3.05) is 26.2 Å². The van der Waals surface area contributed by atoms with Crippen molar-refractivity contribution in [3.8, 4) is 0 Å². The molecule has 0 aromatic carbocycles. The summed E-state index contributed by atoms with van der Waals surface area (Å²) >= 11 is 0. The van der Waals surface area contributed by atoms with Gasteiger partial charge in [0.2, 0.25) is 5.91 Å². The van der Waals surface area contributed by atoms with Crippen LogP contribution in [0.15, 0.2) is 24.5 Å². The van der Waals surface area contributed by atoms with Crippen LogP contribution in [0.25, 0.3) is 0 Å². The number of nitrogens with zero attached hydrogens (tertiary/aromatic N) is 3. The third-order valence-electron chi connectivity index (χ3n) is 5.36. The molecule has 4 nitrogen and oxygen atoms in total. The maximum absolute atomic E-state index is 12.4. The molecule has 0 aliphatic carbocycles. The molecule has 3 heterocycles. The molecule has 1 aromatic rings. The maximum atomic E-state index is 12.4. The fourth-order valence-corrected chi connectivity index (χ4v) is 4.01. The molecule has 0 saturated carbocycles. The second-order valence-corrected chi connectivity index (χ2v) is 7.16. The van der Waals surface area contributed by atoms with E-state index in [9.17, 15) is 18.0 Å². The third kappa shape index (κ3) is 5.17. The van der Waals surface area contributed by atoms with Crippen molar-refractivity contribution >= 4 is 5.91 Å². The summed E-state index contributed by atoms with van der Waals surface area (Å²) in [5.74, 6) is 0.0792. The largest absolute Gasteiger partial charge is 0.397 e. The zero-order valence-electron chi connectivity index (χ0n) is 14.2. The third-order valence-corrected chi connectivity index (χ3v) is 5.36. The van der Waals surface area contributed by atoms with Gasteiger partial charge >= 0.3 is 6.18 Å². The zero-order chi connectivity index (χ0) is 17.9. The molecule has 0 bridgehead atoms. The quantitative estimate of drug-likeness (QED) is 0.833. The molecule has 1 atom stereocenters. The molecule has 2 saturated heterocycles. The Bertz CT molecular complexity index is 571. The maximum Gasteiger partial charge on any atom is 0.397 e. The predicted molar refractivity (Wildman–Crippen MR) is 87.6 cm³/mol. The van der Waals surface area contributed by atoms with Gasteiger partial charge in [-0.1, -0.05) is 6.07 Å². The molecule has 0 radical (unpaired) electrons. The molecule has 7 heteroatoms. The Morgan fingerprint density at radius 2 is 1.88 bits per heavy atom. The molecular formula is C18H24F3N3O. The van der Waals surface area contributed by atoms with Crippen LogP contribution in [0.2, 0.25) is 0 Å². The highest BCUT2D eigenvalue weighted by Crippen LogP contribution is 2.33. The van der Waals surface area contributed by atoms with E-state index in [4.69, 9.17) is 0 Å². The lowest BCUT2D eigenvalue weighted by atomic mass is 9.83. The summed E-state index contributed by atoms with van der Waals surface area (Å²) in [5, 5.41) is 0. The summed E-state index contributed by atoms with van der Waals surface area (Å²) in [6, 6.07) is 4.01. The van der Waals surface area contributed by atoms with Gasteiger partial charge in [-0.15, -0.1) is 0 Å². The Kier molecular flexibility index (Phi) is 5.61. The van der Waals surface area contributed by atoms with Crippen molar-refractivity contribution < 1.29 is 18.0 Å². The zero-order valence-corrected chi connectivity index (χ0v) is 14.2. The molecule has 2 fully saturated rings. The Hall–Kier alpha value is -1.63. The van der Waals surface area contributed by atoms with Crippen molar-refractivity contribution in [2.45, 2.75) is 38.4 Å². The highest BCUT2D eigenvalue weighted by atomic mass is 19.4. The number of hydrogen-bond acceptors (Lipinski definition) is 3. The van der Waals surface area contributed by atoms with Crippen molar-refractivity contribution in [1.82, 2.24) is 14.8 Å². The topological polar surface area (TPSA) is 36.4 Å². The second kappa shape index (κ2) is 7.72. The van der Waals surface area contributed by atoms with Crippen molar-refractivity contribution in [2.24, 2.45) is 11.8 Å². The molecule has 2 aliphatic heterocycles. The molecule has 1 aromatic heterocycles. The number of carbonyl (C=O) groups excluding carboxylic acids is 1. The fourth-order valence-electron chi connectivity index (χ4n) is 4.01. The van der Waals surface area contributed by atoms with Crippen molar-refractivity contribution in [3.63, 3.8) is 0 Å². The lowest BCUT2D eigenvalue weighted by molar-refractivity contribution is -0.160. The first kappa shape index (κ1) is 18.2. The van der Waals surface area contributed by atoms with E-state index in [0.29, 0.717) is 24.9 Å². The van der Waals surface area contributed by atoms with Gasteiger partial charge in [0.25, 0.3) is 0 Å². The lowest BCUT2D eigenvalue weighted by Crippen LogP contribution is -2.37. The summed E-state index contributed by atoms with van der Waals surface area (Å²) in [6.45, 7) is 3.83. The second-order valence-electron chi connectivity index (χ2n) is 7.16. The molecule has 0 N–H and O–H groups in total. The fraction of sp³-hybridized carbons (Fsp3) is 0.667. The minimum atomic E-state index is -4.41. The molecule has 1 amide bonds. The number of carbonyl (C=O) groups is 1. The minimum absolute atomic E-state index is 0.345. The first-order valence-electron chi connectivity index (χ1n) is 8.86. The molecule has 2 aliphatic rings. The van der Waals surface area contributed by atoms with E-state index in [1.165, 1.54) is 10.5 Å². The van der Waals surface area contributed by atoms with Crippen LogP contribution in [0.1, 0.15) is 31.2 Å². The highest BCUT2D eigenvalue weighted by molar-refractivity contribution is 5.77. The standard InChI is InChI=1S/C18H24F3N3O/c19-18(20,21)10-17(25)24-9-5-16(13-24)15-3-7-23(8-4-15)12-14-2-1-6-22-11-14/h1-2,6,11,15-16H,3-5,7-10,12-13H2. The van der Waals surface area contributed by atoms with Crippen LogP contribution in [0.4, 0.5) is 13.2 Å². The molecule has 3 rings (SSSR count). The summed E-state index contributed by atoms with van der Waals surface area (Å²) in [5.41, 5.74) is 1.20. The number of aromatic nitrogens is 1. The lowest BCUT2D eigenvalue weighted by Gasteiger charge is -2.34. The SMILES string of the molecule is O=C(CC(F)(F)F)N1CCC(C2CCN(Cc3cccnc3)CC2)C1. The van der Waals surface area contributed by atoms with Gasteiger partial charge in [-0.3, -0.25) is 14.7 Å². The Balaban J connectivity index is 1.44. The number of amides is 1. The summed E-state index contributed by atoms with van der Waals surface area (Å²) in [4.78, 5) is 19.7. The first-order chi connectivity index (χ1) is 11.9. The van der Waals surface area contributed by atoms with E-state index < -0.39 is 18.5 Å². The van der Waals surface area contributed by atoms with Gasteiger partial charge in [-0.05, 0) is 55.8 Å². The van der Waals surface area contributed by atoms with Crippen LogP contribution in [-0.2, 0) is 11.3 Å². The number of likely N-dealkylation sites (tertiary alicyclic amines) is 2. The average molecular weight is 355 g/mol. The number of halogens is 3. The molecular weight excluding hydrogens is 331 g/mol. The van der Waals surface area contributed by atoms with E-state index in [1.54, 1.807) is 6.20 Å². The average Bonchev–Trinajstić information content (AvgIpc) is 3.05. The van der Waals surface area contributed by atoms with E-state index in [2.05, 4.69) is 16.0 Å². The number of piperidine rings is 1. The normalized spacial score (nSPS) is 23.2. The molecule has 0 spiro atoms. The van der Waals surface area contributed by atoms with E-state index in [-0.39, 0.29) is 0 Å². The minimum Gasteiger partial charge on any atom is -0.342 e. The van der Waals surface area contributed by atoms with Gasteiger partial charge in [0.1, 0.15) is 6.42 Å². The number of rotatable bonds is 4. The van der Waals surface area contributed by atoms with Crippen LogP contribution < -0.4 is 0 Å². The van der Waals surface area contributed by atoms with Crippen molar-refractivity contribution in [3.05, 3.63) is 30.1 Å². The number of hydrogen-bond donors (Lipinski definition) is 0. The van der Waals surface area contributed by atoms with E-state index in [1.807, 2.05) is 12.3 Å². The first-order valence-corrected chi connectivity index (χ1v) is 8.86. The van der Waals surface area contributed by atoms with Crippen LogP contribution in [-0.4, -0.2) is 53.0 Å². The van der Waals surface area contributed by atoms with Gasteiger partial charge in [-0.2, -0.15) is 13.2 Å². The van der Waals surface area contributed by atoms with Crippen molar-refractivity contribution in [1.29, 1.82) is 0 Å². The smallest absolute Gasteiger partial charge is 0.342 e. The van der Waals surface area contributed by atoms with Gasteiger partial charge in [0.15, 0.2) is 0 Å². The van der Waals surface area contributed by atoms with Gasteiger partial charge in [-0.25, -0.2) is 0 Å². The van der Waals surface area contributed by atoms with E-state index in [0.717, 1.165) is 38.9 Å². The highest BCUT2D eigenvalue weighted by Gasteiger charge is 2.38. The number of alkyl halides is 3. The van der Waals surface area contributed by atoms with Crippen LogP contribution in [0.5, 0.6) is 0 Å². The Labute approximate surface area is 146 Å². The van der Waals surface area contributed by atoms with Crippen LogP contribution in [0.3, 0.4) is 0 Å². The monoisotopic (exact) mass is 355 g/mol.